The Kier molecular flexibility index (Phi) is 99.2. The summed E-state index contributed by atoms with van der Waals surface area (Å²) < 4.78 is 0. The molecule has 0 heteroatoms. The van der Waals surface area contributed by atoms with E-state index in [0.717, 1.165) is 71.0 Å². The average molecular weight is 1120 g/mol. The number of rotatable bonds is 37. The molecule has 2 fully saturated rings. The van der Waals surface area contributed by atoms with Crippen LogP contribution in [0.3, 0.4) is 0 Å². The molecule has 0 N–H and O–H groups in total. The summed E-state index contributed by atoms with van der Waals surface area (Å²) in [6.45, 7) is 63.9. The molecule has 0 aromatic carbocycles. The Morgan fingerprint density at radius 3 is 0.658 bits per heavy atom. The van der Waals surface area contributed by atoms with E-state index in [1.54, 1.807) is 0 Å². The maximum atomic E-state index is 2.39. The van der Waals surface area contributed by atoms with Gasteiger partial charge < -0.3 is 0 Å². The average Bonchev–Trinajstić information content (AvgIpc) is 4.42. The van der Waals surface area contributed by atoms with Crippen molar-refractivity contribution in [1.82, 2.24) is 0 Å². The summed E-state index contributed by atoms with van der Waals surface area (Å²) >= 11 is 0. The molecule has 2 saturated carbocycles. The van der Waals surface area contributed by atoms with Crippen molar-refractivity contribution in [3.63, 3.8) is 0 Å². The smallest absolute Gasteiger partial charge is 0.0412 e. The van der Waals surface area contributed by atoms with Gasteiger partial charge in [0.2, 0.25) is 0 Å². The second-order valence-electron chi connectivity index (χ2n) is 26.8. The van der Waals surface area contributed by atoms with Crippen molar-refractivity contribution in [3.8, 4) is 0 Å². The van der Waals surface area contributed by atoms with Gasteiger partial charge in [0.05, 0.1) is 0 Å². The van der Waals surface area contributed by atoms with Crippen LogP contribution in [0.15, 0.2) is 0 Å². The van der Waals surface area contributed by atoms with Crippen molar-refractivity contribution in [2.24, 2.45) is 71.0 Å². The van der Waals surface area contributed by atoms with Gasteiger partial charge in [-0.2, -0.15) is 0 Å². The highest BCUT2D eigenvalue weighted by molar-refractivity contribution is 4.75. The van der Waals surface area contributed by atoms with Crippen LogP contribution < -0.4 is 0 Å². The standard InChI is InChI=1S/C9H18.2C9H20.C8H16.3C8H18.2C7H16.C6H14/c1-3-4-8(2)7-9-5-6-9;1-4-6-8-9(3)7-5-2;1-4-7-9(6-3)8-5-2;1-3-7(2)6-8-4-5-8;1-4-6-7-8(3)5-2;1-4-6-8(3)7-5-2;1-4-7-8(5-2)6-3;1-4-6-7(3)5-2;1-4-7(5-2)6-3;1-4-6(3)5-2/h8-9H,3-7H2,1-2H3;2*9H,4-8H2,1-3H3;7-8H,3-6H2,1-2H3;3*8H,4-7H2,1-3H3;2*7H,4-6H2,1-3H3;6H,4-5H2,1-3H3. The third-order valence-electron chi connectivity index (χ3n) is 17.9. The fourth-order valence-electron chi connectivity index (χ4n) is 10.0. The highest BCUT2D eigenvalue weighted by atomic mass is 14.3. The molecule has 79 heavy (non-hydrogen) atoms. The van der Waals surface area contributed by atoms with E-state index in [2.05, 4.69) is 194 Å². The van der Waals surface area contributed by atoms with Crippen LogP contribution in [0.25, 0.3) is 0 Å². The van der Waals surface area contributed by atoms with Gasteiger partial charge in [-0.3, -0.25) is 0 Å². The fourth-order valence-corrected chi connectivity index (χ4v) is 10.0. The Bertz CT molecular complexity index is 897. The third kappa shape index (κ3) is 97.4. The van der Waals surface area contributed by atoms with Crippen LogP contribution in [0.2, 0.25) is 0 Å². The van der Waals surface area contributed by atoms with Crippen molar-refractivity contribution >= 4 is 0 Å². The zero-order valence-corrected chi connectivity index (χ0v) is 62.5. The largest absolute Gasteiger partial charge is 0.0654 e. The first kappa shape index (κ1) is 95.3. The molecular formula is C79H174. The SMILES string of the molecule is CCC(C)CC.CCC(C)CC1CC1.CCC(CC)CC.CCCC(C)CC.CCCC(C)CC1CC1.CCCC(C)CCC.CCCC(CC)CC.CCCC(CC)CCC.CCCCC(C)CC.CCCCC(C)CCC. The monoisotopic (exact) mass is 1120 g/mol. The molecule has 5 atom stereocenters. The summed E-state index contributed by atoms with van der Waals surface area (Å²) in [5.41, 5.74) is 0. The second-order valence-corrected chi connectivity index (χ2v) is 26.8. The van der Waals surface area contributed by atoms with Gasteiger partial charge in [0.1, 0.15) is 0 Å². The molecule has 5 unspecified atom stereocenters. The van der Waals surface area contributed by atoms with Crippen LogP contribution >= 0.6 is 0 Å². The molecule has 0 spiro atoms. The van der Waals surface area contributed by atoms with Crippen LogP contribution in [0.5, 0.6) is 0 Å². The van der Waals surface area contributed by atoms with E-state index >= 15 is 0 Å². The van der Waals surface area contributed by atoms with Crippen LogP contribution in [-0.4, -0.2) is 0 Å². The predicted octanol–water partition coefficient (Wildman–Crippen LogP) is 31.1. The minimum Gasteiger partial charge on any atom is -0.0654 e. The van der Waals surface area contributed by atoms with E-state index in [1.807, 2.05) is 0 Å². The Hall–Kier alpha value is 0. The van der Waals surface area contributed by atoms with E-state index in [9.17, 15) is 0 Å². The summed E-state index contributed by atoms with van der Waals surface area (Å²) in [5.74, 6) is 12.0. The molecule has 490 valence electrons. The normalized spacial score (nSPS) is 14.1. The number of hydrogen-bond donors (Lipinski definition) is 0. The maximum absolute atomic E-state index is 2.39. The lowest BCUT2D eigenvalue weighted by atomic mass is 9.96. The first-order chi connectivity index (χ1) is 37.7. The summed E-state index contributed by atoms with van der Waals surface area (Å²) in [6, 6.07) is 0. The van der Waals surface area contributed by atoms with Crippen molar-refractivity contribution < 1.29 is 0 Å². The van der Waals surface area contributed by atoms with Gasteiger partial charge >= 0.3 is 0 Å². The summed E-state index contributed by atoms with van der Waals surface area (Å²) in [5, 5.41) is 0. The molecule has 0 radical (unpaired) electrons. The van der Waals surface area contributed by atoms with Crippen molar-refractivity contribution in [2.75, 3.05) is 0 Å². The zero-order valence-electron chi connectivity index (χ0n) is 62.5. The first-order valence-corrected chi connectivity index (χ1v) is 37.7. The number of unbranched alkanes of at least 4 members (excludes halogenated alkanes) is 2. The van der Waals surface area contributed by atoms with Gasteiger partial charge in [0.15, 0.2) is 0 Å². The first-order valence-electron chi connectivity index (χ1n) is 37.7. The lowest BCUT2D eigenvalue weighted by Crippen LogP contribution is -1.96. The van der Waals surface area contributed by atoms with Gasteiger partial charge in [-0.1, -0.05) is 431 Å². The highest BCUT2D eigenvalue weighted by Gasteiger charge is 2.23. The summed E-state index contributed by atoms with van der Waals surface area (Å²) in [7, 11) is 0. The highest BCUT2D eigenvalue weighted by Crippen LogP contribution is 2.36. The molecule has 0 heterocycles. The zero-order chi connectivity index (χ0) is 62.5. The second kappa shape index (κ2) is 82.2. The third-order valence-corrected chi connectivity index (χ3v) is 17.9. The van der Waals surface area contributed by atoms with Crippen molar-refractivity contribution in [3.05, 3.63) is 0 Å². The lowest BCUT2D eigenvalue weighted by molar-refractivity contribution is 0.427. The van der Waals surface area contributed by atoms with E-state index in [-0.39, 0.29) is 0 Å². The Morgan fingerprint density at radius 1 is 0.203 bits per heavy atom. The fraction of sp³-hybridized carbons (Fsp3) is 1.00. The molecule has 0 saturated heterocycles. The lowest BCUT2D eigenvalue weighted by Gasteiger charge is -2.10. The van der Waals surface area contributed by atoms with Crippen LogP contribution in [0.1, 0.15) is 444 Å². The molecule has 0 aromatic heterocycles. The van der Waals surface area contributed by atoms with E-state index in [4.69, 9.17) is 0 Å². The number of hydrogen-bond acceptors (Lipinski definition) is 0. The van der Waals surface area contributed by atoms with E-state index in [0.29, 0.717) is 0 Å². The van der Waals surface area contributed by atoms with Crippen LogP contribution in [-0.2, 0) is 0 Å². The molecule has 0 nitrogen and oxygen atoms in total. The molecular weight excluding hydrogens is 949 g/mol. The Morgan fingerprint density at radius 2 is 0.443 bits per heavy atom. The van der Waals surface area contributed by atoms with Crippen molar-refractivity contribution in [1.29, 1.82) is 0 Å². The van der Waals surface area contributed by atoms with Crippen LogP contribution in [0.4, 0.5) is 0 Å². The van der Waals surface area contributed by atoms with E-state index in [1.165, 1.54) is 250 Å². The van der Waals surface area contributed by atoms with Gasteiger partial charge in [-0.05, 0) is 83.9 Å². The van der Waals surface area contributed by atoms with Gasteiger partial charge in [0, 0.05) is 0 Å². The Balaban J connectivity index is -0.000000118. The molecule has 0 bridgehead atoms. The molecule has 2 rings (SSSR count). The predicted molar refractivity (Wildman–Crippen MR) is 381 cm³/mol. The molecule has 0 amide bonds. The quantitative estimate of drug-likeness (QED) is 0.0582. The Labute approximate surface area is 512 Å². The summed E-state index contributed by atoms with van der Waals surface area (Å²) in [4.78, 5) is 0. The summed E-state index contributed by atoms with van der Waals surface area (Å²) in [6.07, 6.45) is 54.6. The van der Waals surface area contributed by atoms with Gasteiger partial charge in [-0.15, -0.1) is 0 Å². The van der Waals surface area contributed by atoms with Crippen molar-refractivity contribution in [2.45, 2.75) is 444 Å². The molecule has 2 aliphatic carbocycles. The topological polar surface area (TPSA) is 0 Å². The van der Waals surface area contributed by atoms with Gasteiger partial charge in [0.25, 0.3) is 0 Å². The minimum atomic E-state index is 0.935. The molecule has 2 aliphatic rings. The maximum Gasteiger partial charge on any atom is -0.0412 e. The molecule has 0 aliphatic heterocycles. The van der Waals surface area contributed by atoms with Gasteiger partial charge in [-0.25, -0.2) is 0 Å². The van der Waals surface area contributed by atoms with Crippen LogP contribution in [0, 0.1) is 71.0 Å². The van der Waals surface area contributed by atoms with E-state index < -0.39 is 0 Å². The molecule has 0 aromatic rings. The minimum absolute atomic E-state index is 0.935.